The maximum Gasteiger partial charge on any atom is 0.306 e. The molecule has 0 aromatic rings. The molecule has 0 saturated heterocycles. The van der Waals surface area contributed by atoms with Gasteiger partial charge in [-0.2, -0.15) is 0 Å². The number of carbonyl (C=O) groups is 2. The van der Waals surface area contributed by atoms with Crippen LogP contribution in [0.15, 0.2) is 109 Å². The number of unbranched alkanes of at least 4 members (excludes halogenated alkanes) is 24. The molecule has 400 valence electrons. The summed E-state index contributed by atoms with van der Waals surface area (Å²) in [5, 5.41) is 0. The highest BCUT2D eigenvalue weighted by molar-refractivity contribution is 5.70. The van der Waals surface area contributed by atoms with E-state index in [0.29, 0.717) is 19.4 Å². The van der Waals surface area contributed by atoms with E-state index in [2.05, 4.69) is 130 Å². The minimum absolute atomic E-state index is 0.0571. The van der Waals surface area contributed by atoms with E-state index in [1.807, 2.05) is 0 Å². The van der Waals surface area contributed by atoms with Crippen molar-refractivity contribution in [2.75, 3.05) is 19.8 Å². The molecule has 0 rings (SSSR count). The first kappa shape index (κ1) is 66.6. The molecule has 0 aromatic carbocycles. The predicted octanol–water partition coefficient (Wildman–Crippen LogP) is 20.3. The topological polar surface area (TPSA) is 61.8 Å². The second-order valence-corrected chi connectivity index (χ2v) is 19.2. The van der Waals surface area contributed by atoms with E-state index in [9.17, 15) is 9.59 Å². The molecule has 70 heavy (non-hydrogen) atoms. The highest BCUT2D eigenvalue weighted by Crippen LogP contribution is 2.14. The third-order valence-corrected chi connectivity index (χ3v) is 12.3. The van der Waals surface area contributed by atoms with E-state index in [1.165, 1.54) is 128 Å². The fraction of sp³-hybridized carbons (Fsp3) is 0.692. The SMILES string of the molecule is CC/C=C\C/C=C\C/C=C\C/C=C\C/C=C\CCCCCC(=O)OCC(COCCCCCCCCCC/C=C\C/C=C\CCCCC)OC(=O)CCCCCCCCC/C=C\C/C=C\CCCCC. The lowest BCUT2D eigenvalue weighted by Gasteiger charge is -2.18. The van der Waals surface area contributed by atoms with Gasteiger partial charge >= 0.3 is 11.9 Å². The molecule has 0 N–H and O–H groups in total. The Morgan fingerprint density at radius 2 is 0.643 bits per heavy atom. The molecular formula is C65H110O5. The number of allylic oxidation sites excluding steroid dienone is 18. The summed E-state index contributed by atoms with van der Waals surface area (Å²) in [6, 6.07) is 0. The van der Waals surface area contributed by atoms with Crippen LogP contribution in [0.5, 0.6) is 0 Å². The monoisotopic (exact) mass is 971 g/mol. The molecule has 5 heteroatoms. The number of hydrogen-bond acceptors (Lipinski definition) is 5. The van der Waals surface area contributed by atoms with Gasteiger partial charge in [-0.15, -0.1) is 0 Å². The van der Waals surface area contributed by atoms with Crippen LogP contribution < -0.4 is 0 Å². The van der Waals surface area contributed by atoms with Gasteiger partial charge in [0, 0.05) is 19.4 Å². The Hall–Kier alpha value is -3.44. The van der Waals surface area contributed by atoms with E-state index in [0.717, 1.165) is 103 Å². The number of hydrogen-bond donors (Lipinski definition) is 0. The van der Waals surface area contributed by atoms with Crippen molar-refractivity contribution in [1.29, 1.82) is 0 Å². The maximum atomic E-state index is 12.9. The van der Waals surface area contributed by atoms with Gasteiger partial charge in [-0.1, -0.05) is 233 Å². The third-order valence-electron chi connectivity index (χ3n) is 12.3. The van der Waals surface area contributed by atoms with E-state index in [-0.39, 0.29) is 25.2 Å². The van der Waals surface area contributed by atoms with Gasteiger partial charge in [0.15, 0.2) is 6.10 Å². The Balaban J connectivity index is 4.38. The van der Waals surface area contributed by atoms with Crippen molar-refractivity contribution in [1.82, 2.24) is 0 Å². The molecule has 0 heterocycles. The Bertz CT molecular complexity index is 1380. The number of rotatable bonds is 53. The van der Waals surface area contributed by atoms with Crippen molar-refractivity contribution >= 4 is 11.9 Å². The average Bonchev–Trinajstić information content (AvgIpc) is 3.36. The molecule has 1 unspecified atom stereocenters. The van der Waals surface area contributed by atoms with E-state index < -0.39 is 6.10 Å². The Morgan fingerprint density at radius 3 is 1.04 bits per heavy atom. The van der Waals surface area contributed by atoms with Gasteiger partial charge in [0.05, 0.1) is 6.61 Å². The van der Waals surface area contributed by atoms with Crippen molar-refractivity contribution in [3.8, 4) is 0 Å². The maximum absolute atomic E-state index is 12.9. The molecule has 0 aromatic heterocycles. The molecule has 0 radical (unpaired) electrons. The zero-order valence-corrected chi connectivity index (χ0v) is 46.0. The van der Waals surface area contributed by atoms with Crippen LogP contribution in [-0.4, -0.2) is 37.9 Å². The molecule has 0 aliphatic rings. The summed E-state index contributed by atoms with van der Waals surface area (Å²) in [5.74, 6) is -0.446. The van der Waals surface area contributed by atoms with Gasteiger partial charge in [-0.05, 0) is 128 Å². The van der Waals surface area contributed by atoms with Gasteiger partial charge < -0.3 is 14.2 Å². The largest absolute Gasteiger partial charge is 0.462 e. The summed E-state index contributed by atoms with van der Waals surface area (Å²) in [4.78, 5) is 25.6. The first-order valence-electron chi connectivity index (χ1n) is 29.4. The average molecular weight is 972 g/mol. The molecule has 1 atom stereocenters. The summed E-state index contributed by atoms with van der Waals surface area (Å²) in [6.45, 7) is 7.62. The zero-order valence-electron chi connectivity index (χ0n) is 46.0. The van der Waals surface area contributed by atoms with E-state index in [1.54, 1.807) is 0 Å². The van der Waals surface area contributed by atoms with Crippen LogP contribution in [0.2, 0.25) is 0 Å². The standard InChI is InChI=1S/C65H110O5/c1-4-7-10-13-16-19-22-25-28-31-33-35-37-40-43-46-49-52-55-58-64(66)69-62-63(61-68-60-57-54-51-48-45-42-39-36-32-29-26-23-20-17-14-11-8-5-2)70-65(67)59-56-53-50-47-44-41-38-34-30-27-24-21-18-15-12-9-6-3/h7,10,16-21,25-30,33,35,40,43,63H,4-6,8-9,11-15,22-24,31-32,34,36-39,41-42,44-62H2,1-3H3/b10-7-,19-16-,20-17-,21-18-,28-25-,29-26-,30-27-,35-33-,43-40-. The van der Waals surface area contributed by atoms with Crippen LogP contribution >= 0.6 is 0 Å². The quantitative estimate of drug-likeness (QED) is 0.0345. The third kappa shape index (κ3) is 57.1. The smallest absolute Gasteiger partial charge is 0.306 e. The van der Waals surface area contributed by atoms with Gasteiger partial charge in [0.25, 0.3) is 0 Å². The molecule has 0 bridgehead atoms. The van der Waals surface area contributed by atoms with Gasteiger partial charge in [0.2, 0.25) is 0 Å². The molecule has 0 amide bonds. The molecule has 0 spiro atoms. The van der Waals surface area contributed by atoms with Crippen molar-refractivity contribution in [3.63, 3.8) is 0 Å². The van der Waals surface area contributed by atoms with Gasteiger partial charge in [-0.25, -0.2) is 0 Å². The lowest BCUT2D eigenvalue weighted by molar-refractivity contribution is -0.163. The highest BCUT2D eigenvalue weighted by Gasteiger charge is 2.17. The van der Waals surface area contributed by atoms with Crippen LogP contribution in [0.3, 0.4) is 0 Å². The van der Waals surface area contributed by atoms with Crippen molar-refractivity contribution < 1.29 is 23.8 Å². The van der Waals surface area contributed by atoms with E-state index >= 15 is 0 Å². The van der Waals surface area contributed by atoms with Gasteiger partial charge in [0.1, 0.15) is 6.61 Å². The van der Waals surface area contributed by atoms with Crippen LogP contribution in [0.1, 0.15) is 265 Å². The van der Waals surface area contributed by atoms with Crippen LogP contribution in [0.4, 0.5) is 0 Å². The Morgan fingerprint density at radius 1 is 0.329 bits per heavy atom. The van der Waals surface area contributed by atoms with Crippen LogP contribution in [0.25, 0.3) is 0 Å². The Labute approximate surface area is 434 Å². The minimum Gasteiger partial charge on any atom is -0.462 e. The summed E-state index contributed by atoms with van der Waals surface area (Å²) in [7, 11) is 0. The van der Waals surface area contributed by atoms with Crippen molar-refractivity contribution in [2.45, 2.75) is 271 Å². The zero-order chi connectivity index (χ0) is 50.6. The number of carbonyl (C=O) groups excluding carboxylic acids is 2. The lowest BCUT2D eigenvalue weighted by atomic mass is 10.1. The predicted molar refractivity (Wildman–Crippen MR) is 306 cm³/mol. The minimum atomic E-state index is -0.565. The fourth-order valence-electron chi connectivity index (χ4n) is 7.89. The first-order chi connectivity index (χ1) is 34.6. The summed E-state index contributed by atoms with van der Waals surface area (Å²) >= 11 is 0. The second-order valence-electron chi connectivity index (χ2n) is 19.2. The van der Waals surface area contributed by atoms with Gasteiger partial charge in [-0.3, -0.25) is 9.59 Å². The normalized spacial score (nSPS) is 13.0. The molecule has 0 aliphatic carbocycles. The van der Waals surface area contributed by atoms with Crippen molar-refractivity contribution in [2.24, 2.45) is 0 Å². The summed E-state index contributed by atoms with van der Waals surface area (Å²) < 4.78 is 17.5. The van der Waals surface area contributed by atoms with Crippen molar-refractivity contribution in [3.05, 3.63) is 109 Å². The number of esters is 2. The molecular weight excluding hydrogens is 861 g/mol. The number of ether oxygens (including phenoxy) is 3. The Kier molecular flexibility index (Phi) is 56.9. The summed E-state index contributed by atoms with van der Waals surface area (Å²) in [6.07, 6.45) is 82.5. The van der Waals surface area contributed by atoms with Crippen LogP contribution in [0, 0.1) is 0 Å². The second kappa shape index (κ2) is 59.9. The molecule has 5 nitrogen and oxygen atoms in total. The molecule has 0 saturated carbocycles. The van der Waals surface area contributed by atoms with Crippen LogP contribution in [-0.2, 0) is 23.8 Å². The summed E-state index contributed by atoms with van der Waals surface area (Å²) in [5.41, 5.74) is 0. The molecule has 0 aliphatic heterocycles. The van der Waals surface area contributed by atoms with E-state index in [4.69, 9.17) is 14.2 Å². The highest BCUT2D eigenvalue weighted by atomic mass is 16.6. The lowest BCUT2D eigenvalue weighted by Crippen LogP contribution is -2.30. The fourth-order valence-corrected chi connectivity index (χ4v) is 7.89. The first-order valence-corrected chi connectivity index (χ1v) is 29.4. The molecule has 0 fully saturated rings.